The first-order chi connectivity index (χ1) is 16.7. The predicted octanol–water partition coefficient (Wildman–Crippen LogP) is 5.45. The van der Waals surface area contributed by atoms with Gasteiger partial charge in [0.1, 0.15) is 5.75 Å². The fraction of sp³-hybridized carbons (Fsp3) is 0.640. The van der Waals surface area contributed by atoms with E-state index >= 15 is 0 Å². The van der Waals surface area contributed by atoms with Crippen LogP contribution in [0.3, 0.4) is 0 Å². The van der Waals surface area contributed by atoms with E-state index in [4.69, 9.17) is 19.7 Å². The van der Waals surface area contributed by atoms with Gasteiger partial charge in [0.15, 0.2) is 0 Å². The molecular formula is C25H38IN7O. The quantitative estimate of drug-likeness (QED) is 0.240. The van der Waals surface area contributed by atoms with Crippen molar-refractivity contribution in [3.8, 4) is 5.75 Å². The number of nitrogens with one attached hydrogen (secondary N) is 3. The second-order valence-electron chi connectivity index (χ2n) is 9.28. The number of hydrogen-bond donors (Lipinski definition) is 3. The summed E-state index contributed by atoms with van der Waals surface area (Å²) < 4.78 is 6.33. The summed E-state index contributed by atoms with van der Waals surface area (Å²) >= 11 is 2.35. The summed E-state index contributed by atoms with van der Waals surface area (Å²) in [6.07, 6.45) is 9.07. The molecule has 1 aromatic carbocycles. The number of hydrogen-bond acceptors (Lipinski definition) is 8. The molecule has 2 heterocycles. The van der Waals surface area contributed by atoms with Gasteiger partial charge in [0.05, 0.1) is 7.11 Å². The summed E-state index contributed by atoms with van der Waals surface area (Å²) in [6.45, 7) is 6.26. The van der Waals surface area contributed by atoms with Crippen molar-refractivity contribution in [2.75, 3.05) is 49.2 Å². The largest absolute Gasteiger partial charge is 0.496 e. The first kappa shape index (κ1) is 25.2. The van der Waals surface area contributed by atoms with Crippen LogP contribution in [0.25, 0.3) is 0 Å². The monoisotopic (exact) mass is 579 g/mol. The molecule has 0 radical (unpaired) electrons. The number of alkyl halides is 1. The predicted molar refractivity (Wildman–Crippen MR) is 148 cm³/mol. The first-order valence-corrected chi connectivity index (χ1v) is 14.2. The Morgan fingerprint density at radius 1 is 0.971 bits per heavy atom. The fourth-order valence-electron chi connectivity index (χ4n) is 5.06. The molecule has 0 bridgehead atoms. The summed E-state index contributed by atoms with van der Waals surface area (Å²) in [7, 11) is 1.70. The molecule has 1 atom stereocenters. The van der Waals surface area contributed by atoms with Gasteiger partial charge in [0, 0.05) is 34.8 Å². The summed E-state index contributed by atoms with van der Waals surface area (Å²) in [4.78, 5) is 16.6. The van der Waals surface area contributed by atoms with Crippen molar-refractivity contribution >= 4 is 46.1 Å². The van der Waals surface area contributed by atoms with Crippen LogP contribution in [-0.4, -0.2) is 59.2 Å². The third-order valence-corrected chi connectivity index (χ3v) is 7.81. The van der Waals surface area contributed by atoms with E-state index in [1.165, 1.54) is 51.5 Å². The number of likely N-dealkylation sites (N-methyl/N-ethyl adjacent to an activating group) is 1. The summed E-state index contributed by atoms with van der Waals surface area (Å²) in [6, 6.07) is 6.61. The number of anilines is 4. The molecule has 1 aliphatic carbocycles. The van der Waals surface area contributed by atoms with E-state index in [1.807, 2.05) is 12.1 Å². The number of nitrogens with zero attached hydrogens (tertiary/aromatic N) is 4. The van der Waals surface area contributed by atoms with Gasteiger partial charge in [-0.25, -0.2) is 0 Å². The summed E-state index contributed by atoms with van der Waals surface area (Å²) in [5, 5.41) is 10.4. The topological polar surface area (TPSA) is 87.2 Å². The van der Waals surface area contributed by atoms with E-state index < -0.39 is 0 Å². The maximum Gasteiger partial charge on any atom is 0.233 e. The van der Waals surface area contributed by atoms with Crippen LogP contribution in [-0.2, 0) is 4.43 Å². The Labute approximate surface area is 217 Å². The first-order valence-electron chi connectivity index (χ1n) is 12.7. The average Bonchev–Trinajstić information content (AvgIpc) is 3.34. The fourth-order valence-corrected chi connectivity index (χ4v) is 5.65. The Balaban J connectivity index is 1.49. The number of aromatic nitrogens is 3. The molecule has 1 saturated carbocycles. The lowest BCUT2D eigenvalue weighted by molar-refractivity contribution is 0.277. The molecule has 1 saturated heterocycles. The smallest absolute Gasteiger partial charge is 0.233 e. The number of ether oxygens (including phenoxy) is 1. The highest BCUT2D eigenvalue weighted by Gasteiger charge is 2.23. The molecule has 0 spiro atoms. The lowest BCUT2D eigenvalue weighted by Crippen LogP contribution is -2.35. The zero-order chi connectivity index (χ0) is 23.8. The van der Waals surface area contributed by atoms with E-state index in [1.54, 1.807) is 7.11 Å². The van der Waals surface area contributed by atoms with Crippen molar-refractivity contribution in [1.29, 1.82) is 0 Å². The SMILES string of the molecule is CCN1CCCC1CNc1nc(NCC2CCCCC2)nc(Nc2ccc(OC)c(CI)c2)n1. The number of rotatable bonds is 11. The van der Waals surface area contributed by atoms with Crippen LogP contribution in [0.4, 0.5) is 23.5 Å². The highest BCUT2D eigenvalue weighted by molar-refractivity contribution is 14.1. The average molecular weight is 580 g/mol. The van der Waals surface area contributed by atoms with Gasteiger partial charge in [-0.2, -0.15) is 15.0 Å². The molecule has 9 heteroatoms. The van der Waals surface area contributed by atoms with Crippen molar-refractivity contribution in [2.45, 2.75) is 62.3 Å². The Hall–Kier alpha value is -1.88. The zero-order valence-corrected chi connectivity index (χ0v) is 22.6. The Bertz CT molecular complexity index is 922. The van der Waals surface area contributed by atoms with Gasteiger partial charge in [-0.05, 0) is 62.9 Å². The highest BCUT2D eigenvalue weighted by Crippen LogP contribution is 2.27. The van der Waals surface area contributed by atoms with Crippen LogP contribution in [0, 0.1) is 5.92 Å². The lowest BCUT2D eigenvalue weighted by Gasteiger charge is -2.23. The molecule has 34 heavy (non-hydrogen) atoms. The zero-order valence-electron chi connectivity index (χ0n) is 20.4. The van der Waals surface area contributed by atoms with Crippen LogP contribution < -0.4 is 20.7 Å². The van der Waals surface area contributed by atoms with Crippen molar-refractivity contribution in [3.63, 3.8) is 0 Å². The molecule has 2 aliphatic rings. The van der Waals surface area contributed by atoms with Crippen molar-refractivity contribution in [3.05, 3.63) is 23.8 Å². The van der Waals surface area contributed by atoms with E-state index in [2.05, 4.69) is 56.4 Å². The third-order valence-electron chi connectivity index (χ3n) is 6.99. The van der Waals surface area contributed by atoms with E-state index in [0.29, 0.717) is 29.8 Å². The standard InChI is InChI=1S/C25H38IN7O/c1-3-33-13-7-10-21(33)17-28-24-30-23(27-16-18-8-5-4-6-9-18)31-25(32-24)29-20-11-12-22(34-2)19(14-20)15-26/h11-12,14,18,21H,3-10,13,15-17H2,1-2H3,(H3,27,28,29,30,31,32). The van der Waals surface area contributed by atoms with Gasteiger partial charge < -0.3 is 20.7 Å². The van der Waals surface area contributed by atoms with E-state index in [0.717, 1.165) is 41.1 Å². The van der Waals surface area contributed by atoms with Crippen LogP contribution in [0.2, 0.25) is 0 Å². The number of likely N-dealkylation sites (tertiary alicyclic amines) is 1. The van der Waals surface area contributed by atoms with Crippen molar-refractivity contribution in [1.82, 2.24) is 19.9 Å². The molecule has 0 amide bonds. The Kier molecular flexibility index (Phi) is 9.43. The Morgan fingerprint density at radius 2 is 1.71 bits per heavy atom. The van der Waals surface area contributed by atoms with Crippen molar-refractivity contribution < 1.29 is 4.74 Å². The van der Waals surface area contributed by atoms with Gasteiger partial charge in [-0.15, -0.1) is 0 Å². The molecule has 2 fully saturated rings. The van der Waals surface area contributed by atoms with Gasteiger partial charge in [-0.3, -0.25) is 4.90 Å². The molecule has 186 valence electrons. The second-order valence-corrected chi connectivity index (χ2v) is 10.0. The normalized spacial score (nSPS) is 19.2. The van der Waals surface area contributed by atoms with Gasteiger partial charge in [-0.1, -0.05) is 48.8 Å². The molecule has 1 aromatic heterocycles. The molecular weight excluding hydrogens is 541 g/mol. The highest BCUT2D eigenvalue weighted by atomic mass is 127. The van der Waals surface area contributed by atoms with Crippen LogP contribution in [0.1, 0.15) is 57.4 Å². The maximum absolute atomic E-state index is 5.47. The minimum Gasteiger partial charge on any atom is -0.496 e. The maximum atomic E-state index is 5.47. The molecule has 1 aliphatic heterocycles. The molecule has 2 aromatic rings. The van der Waals surface area contributed by atoms with Crippen molar-refractivity contribution in [2.24, 2.45) is 5.92 Å². The van der Waals surface area contributed by atoms with Crippen LogP contribution in [0.5, 0.6) is 5.75 Å². The van der Waals surface area contributed by atoms with Gasteiger partial charge in [0.25, 0.3) is 0 Å². The lowest BCUT2D eigenvalue weighted by atomic mass is 9.89. The molecule has 8 nitrogen and oxygen atoms in total. The molecule has 1 unspecified atom stereocenters. The van der Waals surface area contributed by atoms with E-state index in [9.17, 15) is 0 Å². The third kappa shape index (κ3) is 6.84. The number of methoxy groups -OCH3 is 1. The Morgan fingerprint density at radius 3 is 2.41 bits per heavy atom. The minimum absolute atomic E-state index is 0.532. The van der Waals surface area contributed by atoms with Gasteiger partial charge in [0.2, 0.25) is 17.8 Å². The van der Waals surface area contributed by atoms with Gasteiger partial charge >= 0.3 is 0 Å². The summed E-state index contributed by atoms with van der Waals surface area (Å²) in [5.74, 6) is 3.39. The molecule has 4 rings (SSSR count). The minimum atomic E-state index is 0.532. The number of halogens is 1. The number of benzene rings is 1. The summed E-state index contributed by atoms with van der Waals surface area (Å²) in [5.41, 5.74) is 2.08. The van der Waals surface area contributed by atoms with Crippen LogP contribution in [0.15, 0.2) is 18.2 Å². The second kappa shape index (κ2) is 12.7. The van der Waals surface area contributed by atoms with E-state index in [-0.39, 0.29) is 0 Å². The van der Waals surface area contributed by atoms with Crippen LogP contribution >= 0.6 is 22.6 Å². The molecule has 3 N–H and O–H groups in total.